The van der Waals surface area contributed by atoms with Crippen LogP contribution in [-0.2, 0) is 0 Å². The molecule has 0 heterocycles. The Balaban J connectivity index is 1.75. The molecule has 0 radical (unpaired) electrons. The van der Waals surface area contributed by atoms with Crippen molar-refractivity contribution in [3.63, 3.8) is 0 Å². The van der Waals surface area contributed by atoms with E-state index in [-0.39, 0.29) is 5.96 Å². The van der Waals surface area contributed by atoms with Gasteiger partial charge >= 0.3 is 0 Å². The molecule has 0 spiro atoms. The second kappa shape index (κ2) is 11.4. The first kappa shape index (κ1) is 22.7. The second-order valence-corrected chi connectivity index (χ2v) is 7.18. The summed E-state index contributed by atoms with van der Waals surface area (Å²) in [7, 11) is 0. The molecule has 2 N–H and O–H groups in total. The molecule has 0 saturated carbocycles. The van der Waals surface area contributed by atoms with Crippen molar-refractivity contribution < 1.29 is 4.79 Å². The molecular weight excluding hydrogens is 447 g/mol. The Kier molecular flexibility index (Phi) is 8.09. The average molecular weight is 463 g/mol. The summed E-state index contributed by atoms with van der Waals surface area (Å²) in [6.07, 6.45) is 3.05. The molecule has 0 aromatic heterocycles. The van der Waals surface area contributed by atoms with Gasteiger partial charge in [0.1, 0.15) is 0 Å². The molecule has 0 atom stereocenters. The van der Waals surface area contributed by atoms with Crippen molar-refractivity contribution in [3.8, 4) is 6.07 Å². The molecule has 0 bridgehead atoms. The minimum Gasteiger partial charge on any atom is -0.290 e. The summed E-state index contributed by atoms with van der Waals surface area (Å²) in [6.45, 7) is 0. The molecule has 9 heteroatoms. The van der Waals surface area contributed by atoms with E-state index < -0.39 is 5.91 Å². The summed E-state index contributed by atoms with van der Waals surface area (Å²) in [5, 5.41) is 24.8. The smallest absolute Gasteiger partial charge is 0.258 e. The number of carbonyl (C=O) groups is 1. The SMILES string of the molecule is N#Cc1ccc(C(=O)N/C(=N/N=C/c2ccc(Cl)cc2)N/N=C/c2ccc(Cl)cc2)cc1. The number of nitriles is 1. The zero-order valence-electron chi connectivity index (χ0n) is 16.5. The van der Waals surface area contributed by atoms with Gasteiger partial charge in [-0.25, -0.2) is 5.43 Å². The minimum atomic E-state index is -0.441. The largest absolute Gasteiger partial charge is 0.290 e. The minimum absolute atomic E-state index is 0.00906. The van der Waals surface area contributed by atoms with Crippen molar-refractivity contribution in [2.24, 2.45) is 15.3 Å². The number of halogens is 2. The number of nitrogens with one attached hydrogen (secondary N) is 2. The van der Waals surface area contributed by atoms with Gasteiger partial charge in [0, 0.05) is 15.6 Å². The van der Waals surface area contributed by atoms with E-state index in [0.717, 1.165) is 11.1 Å². The van der Waals surface area contributed by atoms with Gasteiger partial charge in [0.05, 0.1) is 24.1 Å². The molecule has 1 amide bonds. The first-order chi connectivity index (χ1) is 15.5. The molecule has 3 aromatic rings. The van der Waals surface area contributed by atoms with Crippen LogP contribution in [0.5, 0.6) is 0 Å². The Morgan fingerprint density at radius 2 is 1.41 bits per heavy atom. The molecule has 7 nitrogen and oxygen atoms in total. The van der Waals surface area contributed by atoms with E-state index in [4.69, 9.17) is 28.5 Å². The van der Waals surface area contributed by atoms with Crippen LogP contribution in [0.2, 0.25) is 10.0 Å². The molecule has 0 aliphatic carbocycles. The normalized spacial score (nSPS) is 11.5. The number of benzene rings is 3. The first-order valence-electron chi connectivity index (χ1n) is 9.26. The molecule has 0 unspecified atom stereocenters. The Bertz CT molecular complexity index is 1200. The van der Waals surface area contributed by atoms with E-state index >= 15 is 0 Å². The Hall–Kier alpha value is -3.99. The lowest BCUT2D eigenvalue weighted by molar-refractivity contribution is 0.0975. The summed E-state index contributed by atoms with van der Waals surface area (Å²) >= 11 is 11.8. The van der Waals surface area contributed by atoms with E-state index in [1.165, 1.54) is 6.21 Å². The Morgan fingerprint density at radius 1 is 0.844 bits per heavy atom. The number of guanidine groups is 1. The van der Waals surface area contributed by atoms with Gasteiger partial charge in [0.25, 0.3) is 5.91 Å². The molecule has 3 rings (SSSR count). The third kappa shape index (κ3) is 7.06. The van der Waals surface area contributed by atoms with Gasteiger partial charge in [-0.3, -0.25) is 10.1 Å². The van der Waals surface area contributed by atoms with Crippen LogP contribution in [0, 0.1) is 11.3 Å². The number of amides is 1. The monoisotopic (exact) mass is 462 g/mol. The van der Waals surface area contributed by atoms with Crippen LogP contribution in [0.15, 0.2) is 88.1 Å². The third-order valence-electron chi connectivity index (χ3n) is 4.00. The number of rotatable bonds is 5. The van der Waals surface area contributed by atoms with Gasteiger partial charge in [0.2, 0.25) is 5.96 Å². The summed E-state index contributed by atoms with van der Waals surface area (Å²) in [4.78, 5) is 12.5. The number of hydrazone groups is 1. The quantitative estimate of drug-likeness (QED) is 0.328. The first-order valence-corrected chi connectivity index (χ1v) is 10.0. The van der Waals surface area contributed by atoms with Gasteiger partial charge in [0.15, 0.2) is 0 Å². The summed E-state index contributed by atoms with van der Waals surface area (Å²) < 4.78 is 0. The molecule has 0 aliphatic heterocycles. The number of carbonyl (C=O) groups excluding carboxylic acids is 1. The van der Waals surface area contributed by atoms with E-state index in [0.29, 0.717) is 21.2 Å². The highest BCUT2D eigenvalue weighted by Crippen LogP contribution is 2.09. The van der Waals surface area contributed by atoms with Crippen LogP contribution in [0.1, 0.15) is 27.0 Å². The van der Waals surface area contributed by atoms with Gasteiger partial charge in [-0.15, -0.1) is 5.10 Å². The maximum Gasteiger partial charge on any atom is 0.258 e. The van der Waals surface area contributed by atoms with E-state index in [1.54, 1.807) is 79.0 Å². The van der Waals surface area contributed by atoms with Gasteiger partial charge in [-0.1, -0.05) is 47.5 Å². The van der Waals surface area contributed by atoms with Crippen molar-refractivity contribution in [2.45, 2.75) is 0 Å². The molecule has 0 fully saturated rings. The highest BCUT2D eigenvalue weighted by Gasteiger charge is 2.09. The Labute approximate surface area is 194 Å². The van der Waals surface area contributed by atoms with Gasteiger partial charge < -0.3 is 0 Å². The lowest BCUT2D eigenvalue weighted by atomic mass is 10.1. The van der Waals surface area contributed by atoms with Crippen LogP contribution in [0.25, 0.3) is 0 Å². The topological polar surface area (TPSA) is 102 Å². The van der Waals surface area contributed by atoms with Crippen LogP contribution in [0.4, 0.5) is 0 Å². The molecule has 158 valence electrons. The maximum absolute atomic E-state index is 12.5. The zero-order valence-corrected chi connectivity index (χ0v) is 18.0. The fraction of sp³-hybridized carbons (Fsp3) is 0. The lowest BCUT2D eigenvalue weighted by Crippen LogP contribution is -2.38. The van der Waals surface area contributed by atoms with Crippen molar-refractivity contribution in [2.75, 3.05) is 0 Å². The predicted octanol–water partition coefficient (Wildman–Crippen LogP) is 4.61. The summed E-state index contributed by atoms with van der Waals surface area (Å²) in [5.74, 6) is -0.432. The standard InChI is InChI=1S/C23H16Cl2N6O/c24-20-9-3-17(4-10-20)14-27-30-23(31-28-15-18-5-11-21(25)12-6-18)29-22(32)19-7-1-16(13-26)2-8-19/h1-12,14-15H,(H2,29,30,31,32)/b27-14+,28-15+. The molecule has 0 saturated heterocycles. The summed E-state index contributed by atoms with van der Waals surface area (Å²) in [5.41, 5.74) is 5.04. The van der Waals surface area contributed by atoms with E-state index in [9.17, 15) is 4.79 Å². The lowest BCUT2D eigenvalue weighted by Gasteiger charge is -2.07. The van der Waals surface area contributed by atoms with Gasteiger partial charge in [-0.2, -0.15) is 15.5 Å². The summed E-state index contributed by atoms with van der Waals surface area (Å²) in [6, 6.07) is 22.3. The predicted molar refractivity (Wildman–Crippen MR) is 127 cm³/mol. The second-order valence-electron chi connectivity index (χ2n) is 6.31. The van der Waals surface area contributed by atoms with Gasteiger partial charge in [-0.05, 0) is 59.7 Å². The fourth-order valence-electron chi connectivity index (χ4n) is 2.37. The van der Waals surface area contributed by atoms with Crippen molar-refractivity contribution >= 4 is 47.5 Å². The highest BCUT2D eigenvalue weighted by molar-refractivity contribution is 6.30. The van der Waals surface area contributed by atoms with Crippen molar-refractivity contribution in [1.82, 2.24) is 10.7 Å². The van der Waals surface area contributed by atoms with Crippen molar-refractivity contribution in [1.29, 1.82) is 5.26 Å². The fourth-order valence-corrected chi connectivity index (χ4v) is 2.62. The number of nitrogens with zero attached hydrogens (tertiary/aromatic N) is 4. The molecule has 32 heavy (non-hydrogen) atoms. The average Bonchev–Trinajstić information content (AvgIpc) is 2.81. The number of hydrogen-bond acceptors (Lipinski definition) is 5. The van der Waals surface area contributed by atoms with Crippen LogP contribution in [-0.4, -0.2) is 24.3 Å². The molecule has 0 aliphatic rings. The van der Waals surface area contributed by atoms with E-state index in [2.05, 4.69) is 26.0 Å². The van der Waals surface area contributed by atoms with Crippen LogP contribution in [0.3, 0.4) is 0 Å². The van der Waals surface area contributed by atoms with E-state index in [1.807, 2.05) is 6.07 Å². The maximum atomic E-state index is 12.5. The molecule has 3 aromatic carbocycles. The Morgan fingerprint density at radius 3 is 1.97 bits per heavy atom. The highest BCUT2D eigenvalue weighted by atomic mass is 35.5. The zero-order chi connectivity index (χ0) is 22.8. The van der Waals surface area contributed by atoms with Crippen LogP contribution < -0.4 is 10.7 Å². The van der Waals surface area contributed by atoms with Crippen LogP contribution >= 0.6 is 23.2 Å². The number of hydrogen-bond donors (Lipinski definition) is 2. The third-order valence-corrected chi connectivity index (χ3v) is 4.50. The van der Waals surface area contributed by atoms with Crippen molar-refractivity contribution in [3.05, 3.63) is 105 Å². The molecular formula is C23H16Cl2N6O.